The summed E-state index contributed by atoms with van der Waals surface area (Å²) in [4.78, 5) is 15.8. The molecule has 2 aromatic heterocycles. The highest BCUT2D eigenvalue weighted by Gasteiger charge is 2.23. The van der Waals surface area contributed by atoms with E-state index in [0.717, 1.165) is 45.1 Å². The molecule has 3 aromatic rings. The Bertz CT molecular complexity index is 1310. The molecule has 0 spiro atoms. The first kappa shape index (κ1) is 24.5. The Hall–Kier alpha value is -3.58. The minimum atomic E-state index is -1.14. The molecule has 6 nitrogen and oxygen atoms in total. The number of ether oxygens (including phenoxy) is 1. The van der Waals surface area contributed by atoms with Crippen molar-refractivity contribution < 1.29 is 14.2 Å². The van der Waals surface area contributed by atoms with Crippen molar-refractivity contribution >= 4 is 5.69 Å². The van der Waals surface area contributed by atoms with Crippen LogP contribution in [0.25, 0.3) is 11.4 Å². The van der Waals surface area contributed by atoms with Gasteiger partial charge in [0.05, 0.1) is 11.4 Å². The maximum Gasteiger partial charge on any atom is 0.160 e. The summed E-state index contributed by atoms with van der Waals surface area (Å²) >= 11 is 0. The Kier molecular flexibility index (Phi) is 6.72. The zero-order chi connectivity index (χ0) is 25.3. The predicted octanol–water partition coefficient (Wildman–Crippen LogP) is 5.74. The number of benzene rings is 1. The van der Waals surface area contributed by atoms with E-state index in [1.807, 2.05) is 32.2 Å². The molecule has 0 radical (unpaired) electrons. The fourth-order valence-electron chi connectivity index (χ4n) is 3.94. The summed E-state index contributed by atoms with van der Waals surface area (Å²) < 4.78 is 19.2. The molecule has 0 atom stereocenters. The fourth-order valence-corrected chi connectivity index (χ4v) is 3.94. The summed E-state index contributed by atoms with van der Waals surface area (Å²) in [7, 11) is 0. The molecule has 7 heteroatoms. The second kappa shape index (κ2) is 9.58. The number of aromatic nitrogens is 3. The monoisotopic (exact) mass is 474 g/mol. The first-order valence-corrected chi connectivity index (χ1v) is 11.6. The van der Waals surface area contributed by atoms with Crippen LogP contribution < -0.4 is 4.90 Å². The highest BCUT2D eigenvalue weighted by molar-refractivity contribution is 5.69. The lowest BCUT2D eigenvalue weighted by Gasteiger charge is -2.32. The molecule has 0 saturated carbocycles. The van der Waals surface area contributed by atoms with Crippen LogP contribution in [0.15, 0.2) is 65.8 Å². The lowest BCUT2D eigenvalue weighted by Crippen LogP contribution is -2.28. The molecule has 4 rings (SSSR count). The molecule has 0 bridgehead atoms. The third-order valence-corrected chi connectivity index (χ3v) is 6.02. The number of allylic oxidation sites excluding steroid dienone is 2. The standard InChI is InChI=1S/C28H31FN4O2/c1-17-13-30-23(26-18(2)14-31-27(32-26)28(5,6)34)12-24(17)33-15-19(3)25(11-20(33)4)35-16-21-7-9-22(29)10-8-21/h7-14,34H,15-16H2,1-6H3. The molecule has 182 valence electrons. The molecule has 3 heterocycles. The van der Waals surface area contributed by atoms with Gasteiger partial charge in [0, 0.05) is 30.3 Å². The smallest absolute Gasteiger partial charge is 0.160 e. The predicted molar refractivity (Wildman–Crippen MR) is 135 cm³/mol. The van der Waals surface area contributed by atoms with Gasteiger partial charge in [-0.3, -0.25) is 4.98 Å². The highest BCUT2D eigenvalue weighted by atomic mass is 19.1. The molecule has 1 aliphatic rings. The summed E-state index contributed by atoms with van der Waals surface area (Å²) in [6.45, 7) is 12.5. The largest absolute Gasteiger partial charge is 0.489 e. The van der Waals surface area contributed by atoms with Gasteiger partial charge in [0.2, 0.25) is 0 Å². The maximum absolute atomic E-state index is 13.2. The van der Waals surface area contributed by atoms with Crippen molar-refractivity contribution in [1.29, 1.82) is 0 Å². The molecular weight excluding hydrogens is 443 g/mol. The zero-order valence-corrected chi connectivity index (χ0v) is 21.1. The minimum Gasteiger partial charge on any atom is -0.489 e. The first-order chi connectivity index (χ1) is 16.5. The van der Waals surface area contributed by atoms with Gasteiger partial charge in [-0.1, -0.05) is 12.1 Å². The van der Waals surface area contributed by atoms with Crippen LogP contribution in [0.2, 0.25) is 0 Å². The van der Waals surface area contributed by atoms with Crippen molar-refractivity contribution in [1.82, 2.24) is 15.0 Å². The molecule has 1 aliphatic heterocycles. The first-order valence-electron chi connectivity index (χ1n) is 11.6. The molecule has 0 aliphatic carbocycles. The molecule has 0 saturated heterocycles. The third kappa shape index (κ3) is 5.41. The molecular formula is C28H31FN4O2. The average molecular weight is 475 g/mol. The van der Waals surface area contributed by atoms with Gasteiger partial charge in [-0.15, -0.1) is 0 Å². The Morgan fingerprint density at radius 2 is 1.71 bits per heavy atom. The van der Waals surface area contributed by atoms with Crippen LogP contribution in [0, 0.1) is 19.7 Å². The van der Waals surface area contributed by atoms with Crippen molar-refractivity contribution in [2.45, 2.75) is 53.8 Å². The van der Waals surface area contributed by atoms with Gasteiger partial charge in [-0.25, -0.2) is 14.4 Å². The minimum absolute atomic E-state index is 0.256. The van der Waals surface area contributed by atoms with Gasteiger partial charge in [0.15, 0.2) is 5.82 Å². The van der Waals surface area contributed by atoms with Crippen molar-refractivity contribution in [3.63, 3.8) is 0 Å². The van der Waals surface area contributed by atoms with Crippen LogP contribution in [0.1, 0.15) is 50.2 Å². The Morgan fingerprint density at radius 3 is 2.40 bits per heavy atom. The van der Waals surface area contributed by atoms with Crippen LogP contribution in [-0.4, -0.2) is 26.6 Å². The van der Waals surface area contributed by atoms with Crippen LogP contribution in [-0.2, 0) is 16.9 Å². The molecule has 35 heavy (non-hydrogen) atoms. The number of pyridine rings is 1. The number of nitrogens with zero attached hydrogens (tertiary/aromatic N) is 4. The molecule has 1 aromatic carbocycles. The van der Waals surface area contributed by atoms with Gasteiger partial charge in [-0.2, -0.15) is 0 Å². The topological polar surface area (TPSA) is 71.4 Å². The fraction of sp³-hybridized carbons (Fsp3) is 0.321. The number of hydrogen-bond donors (Lipinski definition) is 1. The van der Waals surface area contributed by atoms with Gasteiger partial charge in [-0.05, 0) is 88.1 Å². The second-order valence-electron chi connectivity index (χ2n) is 9.57. The number of halogens is 1. The number of aryl methyl sites for hydroxylation is 2. The number of hydrogen-bond acceptors (Lipinski definition) is 6. The molecule has 0 fully saturated rings. The van der Waals surface area contributed by atoms with Gasteiger partial charge in [0.1, 0.15) is 23.8 Å². The van der Waals surface area contributed by atoms with E-state index in [0.29, 0.717) is 24.7 Å². The average Bonchev–Trinajstić information content (AvgIpc) is 2.80. The van der Waals surface area contributed by atoms with E-state index in [1.165, 1.54) is 12.1 Å². The summed E-state index contributed by atoms with van der Waals surface area (Å²) in [5.74, 6) is 0.933. The normalized spacial score (nSPS) is 14.3. The summed E-state index contributed by atoms with van der Waals surface area (Å²) in [6, 6.07) is 8.39. The molecule has 0 amide bonds. The molecule has 0 unspecified atom stereocenters. The van der Waals surface area contributed by atoms with Gasteiger partial charge in [0.25, 0.3) is 0 Å². The zero-order valence-electron chi connectivity index (χ0n) is 21.1. The van der Waals surface area contributed by atoms with E-state index in [-0.39, 0.29) is 5.82 Å². The lowest BCUT2D eigenvalue weighted by atomic mass is 10.1. The number of aliphatic hydroxyl groups is 1. The van der Waals surface area contributed by atoms with Crippen molar-refractivity contribution in [2.75, 3.05) is 11.4 Å². The second-order valence-corrected chi connectivity index (χ2v) is 9.57. The Labute approximate surface area is 205 Å². The van der Waals surface area contributed by atoms with Crippen molar-refractivity contribution in [3.8, 4) is 11.4 Å². The van der Waals surface area contributed by atoms with E-state index >= 15 is 0 Å². The van der Waals surface area contributed by atoms with E-state index in [4.69, 9.17) is 4.74 Å². The van der Waals surface area contributed by atoms with Crippen LogP contribution >= 0.6 is 0 Å². The SMILES string of the molecule is CC1=CC(OCc2ccc(F)cc2)=C(C)CN1c1cc(-c2nc(C(C)(C)O)ncc2C)ncc1C. The van der Waals surface area contributed by atoms with Crippen LogP contribution in [0.4, 0.5) is 10.1 Å². The summed E-state index contributed by atoms with van der Waals surface area (Å²) in [5.41, 5.74) is 6.30. The maximum atomic E-state index is 13.2. The number of rotatable bonds is 6. The van der Waals surface area contributed by atoms with Crippen LogP contribution in [0.5, 0.6) is 0 Å². The van der Waals surface area contributed by atoms with Crippen molar-refractivity contribution in [2.24, 2.45) is 0 Å². The van der Waals surface area contributed by atoms with Crippen molar-refractivity contribution in [3.05, 3.63) is 94.2 Å². The number of anilines is 1. The Morgan fingerprint density at radius 1 is 1.03 bits per heavy atom. The quantitative estimate of drug-likeness (QED) is 0.492. The van der Waals surface area contributed by atoms with E-state index in [2.05, 4.69) is 33.7 Å². The van der Waals surface area contributed by atoms with Gasteiger partial charge < -0.3 is 14.7 Å². The third-order valence-electron chi connectivity index (χ3n) is 6.02. The van der Waals surface area contributed by atoms with Gasteiger partial charge >= 0.3 is 0 Å². The molecule has 1 N–H and O–H groups in total. The van der Waals surface area contributed by atoms with E-state index in [9.17, 15) is 9.50 Å². The summed E-state index contributed by atoms with van der Waals surface area (Å²) in [6.07, 6.45) is 5.60. The Balaban J connectivity index is 1.60. The van der Waals surface area contributed by atoms with E-state index < -0.39 is 5.60 Å². The summed E-state index contributed by atoms with van der Waals surface area (Å²) in [5, 5.41) is 10.4. The highest BCUT2D eigenvalue weighted by Crippen LogP contribution is 2.33. The van der Waals surface area contributed by atoms with E-state index in [1.54, 1.807) is 32.2 Å². The lowest BCUT2D eigenvalue weighted by molar-refractivity contribution is 0.0688. The van der Waals surface area contributed by atoms with Crippen LogP contribution in [0.3, 0.4) is 0 Å².